The summed E-state index contributed by atoms with van der Waals surface area (Å²) in [6.07, 6.45) is 4.82. The Labute approximate surface area is 249 Å². The molecule has 5 rings (SSSR count). The molecule has 2 aromatic carbocycles. The number of hydrogen-bond acceptors (Lipinski definition) is 7. The van der Waals surface area contributed by atoms with Gasteiger partial charge in [-0.1, -0.05) is 18.2 Å². The third-order valence-electron chi connectivity index (χ3n) is 7.69. The van der Waals surface area contributed by atoms with Gasteiger partial charge in [-0.15, -0.1) is 0 Å². The van der Waals surface area contributed by atoms with Crippen LogP contribution in [-0.2, 0) is 20.8 Å². The number of benzene rings is 2. The molecule has 0 bridgehead atoms. The Bertz CT molecular complexity index is 1470. The largest absolute Gasteiger partial charge is 0.497 e. The lowest BCUT2D eigenvalue weighted by Crippen LogP contribution is -2.49. The Hall–Kier alpha value is -4.93. The van der Waals surface area contributed by atoms with Crippen LogP contribution in [0.25, 0.3) is 0 Å². The first-order chi connectivity index (χ1) is 20.8. The van der Waals surface area contributed by atoms with Crippen molar-refractivity contribution in [2.24, 2.45) is 5.92 Å². The molecule has 1 aliphatic heterocycles. The van der Waals surface area contributed by atoms with Gasteiger partial charge in [0.2, 0.25) is 11.8 Å². The van der Waals surface area contributed by atoms with E-state index in [0.717, 1.165) is 24.1 Å². The highest BCUT2D eigenvalue weighted by Crippen LogP contribution is 2.33. The van der Waals surface area contributed by atoms with Crippen molar-refractivity contribution in [3.63, 3.8) is 0 Å². The Balaban J connectivity index is 1.36. The molecule has 11 heteroatoms. The lowest BCUT2D eigenvalue weighted by molar-refractivity contribution is -0.137. The number of anilines is 2. The van der Waals surface area contributed by atoms with Crippen LogP contribution in [0, 0.1) is 5.92 Å². The standard InChI is InChI=1S/C32H35N5O6/c1-43-25-9-4-21(5-10-25)17-29(38)34-27-18-23(31(41)35-26(19-30(39)40)24-3-2-12-33-20-24)8-11-28(27)36-13-15-37(16-14-36)32(42)22-6-7-22/h2-5,8-12,18,20,22,26H,6-7,13-17,19H2,1H3,(H,34,38)(H,35,41)(H,39,40). The molecule has 1 aliphatic carbocycles. The average Bonchev–Trinajstić information content (AvgIpc) is 3.87. The number of amides is 3. The minimum absolute atomic E-state index is 0.116. The maximum atomic E-state index is 13.4. The fourth-order valence-electron chi connectivity index (χ4n) is 5.18. The summed E-state index contributed by atoms with van der Waals surface area (Å²) in [5, 5.41) is 15.2. The van der Waals surface area contributed by atoms with Crippen molar-refractivity contribution in [3.05, 3.63) is 83.7 Å². The van der Waals surface area contributed by atoms with Crippen LogP contribution in [0.5, 0.6) is 5.75 Å². The normalized spacial score (nSPS) is 15.4. The van der Waals surface area contributed by atoms with Crippen LogP contribution in [-0.4, -0.2) is 72.0 Å². The van der Waals surface area contributed by atoms with E-state index in [9.17, 15) is 24.3 Å². The van der Waals surface area contributed by atoms with Crippen molar-refractivity contribution < 1.29 is 29.0 Å². The van der Waals surface area contributed by atoms with Crippen LogP contribution in [0.3, 0.4) is 0 Å². The third-order valence-corrected chi connectivity index (χ3v) is 7.69. The molecular formula is C32H35N5O6. The van der Waals surface area contributed by atoms with Gasteiger partial charge in [0.05, 0.1) is 37.4 Å². The minimum Gasteiger partial charge on any atom is -0.497 e. The zero-order valence-electron chi connectivity index (χ0n) is 24.0. The lowest BCUT2D eigenvalue weighted by Gasteiger charge is -2.37. The van der Waals surface area contributed by atoms with Gasteiger partial charge in [-0.2, -0.15) is 0 Å². The molecule has 1 saturated heterocycles. The monoisotopic (exact) mass is 585 g/mol. The Kier molecular flexibility index (Phi) is 9.19. The number of nitrogens with one attached hydrogen (secondary N) is 2. The first-order valence-electron chi connectivity index (χ1n) is 14.3. The Morgan fingerprint density at radius 2 is 1.77 bits per heavy atom. The average molecular weight is 586 g/mol. The van der Waals surface area contributed by atoms with Gasteiger partial charge in [0.1, 0.15) is 5.75 Å². The van der Waals surface area contributed by atoms with Crippen molar-refractivity contribution >= 4 is 35.1 Å². The smallest absolute Gasteiger partial charge is 0.305 e. The predicted octanol–water partition coefficient (Wildman–Crippen LogP) is 3.28. The zero-order valence-corrected chi connectivity index (χ0v) is 24.0. The lowest BCUT2D eigenvalue weighted by atomic mass is 10.0. The molecule has 3 amide bonds. The number of carbonyl (C=O) groups excluding carboxylic acids is 3. The number of rotatable bonds is 11. The van der Waals surface area contributed by atoms with Gasteiger partial charge in [0.25, 0.3) is 5.91 Å². The van der Waals surface area contributed by atoms with E-state index in [0.29, 0.717) is 43.2 Å². The summed E-state index contributed by atoms with van der Waals surface area (Å²) in [5.41, 5.74) is 2.84. The number of carboxylic acid groups (broad SMARTS) is 1. The molecule has 224 valence electrons. The second kappa shape index (κ2) is 13.4. The molecule has 3 N–H and O–H groups in total. The number of piperazine rings is 1. The molecular weight excluding hydrogens is 550 g/mol. The summed E-state index contributed by atoms with van der Waals surface area (Å²) < 4.78 is 5.20. The Morgan fingerprint density at radius 3 is 2.40 bits per heavy atom. The fourth-order valence-corrected chi connectivity index (χ4v) is 5.18. The maximum absolute atomic E-state index is 13.4. The molecule has 1 saturated carbocycles. The van der Waals surface area contributed by atoms with Gasteiger partial charge < -0.3 is 30.3 Å². The number of nitrogens with zero attached hydrogens (tertiary/aromatic N) is 3. The van der Waals surface area contributed by atoms with E-state index in [4.69, 9.17) is 4.74 Å². The molecule has 2 aliphatic rings. The van der Waals surface area contributed by atoms with E-state index in [1.165, 1.54) is 6.20 Å². The highest BCUT2D eigenvalue weighted by molar-refractivity contribution is 6.00. The molecule has 3 aromatic rings. The zero-order chi connectivity index (χ0) is 30.3. The molecule has 1 aromatic heterocycles. The van der Waals surface area contributed by atoms with Crippen molar-refractivity contribution in [2.75, 3.05) is 43.5 Å². The molecule has 2 fully saturated rings. The number of aromatic nitrogens is 1. The number of hydrogen-bond donors (Lipinski definition) is 3. The first kappa shape index (κ1) is 29.6. The topological polar surface area (TPSA) is 141 Å². The summed E-state index contributed by atoms with van der Waals surface area (Å²) in [6.45, 7) is 2.34. The highest BCUT2D eigenvalue weighted by atomic mass is 16.5. The van der Waals surface area contributed by atoms with Gasteiger partial charge in [0, 0.05) is 50.1 Å². The van der Waals surface area contributed by atoms with Crippen molar-refractivity contribution in [3.8, 4) is 5.75 Å². The van der Waals surface area contributed by atoms with Crippen LogP contribution in [0.4, 0.5) is 11.4 Å². The van der Waals surface area contributed by atoms with Crippen molar-refractivity contribution in [1.82, 2.24) is 15.2 Å². The molecule has 2 heterocycles. The van der Waals surface area contributed by atoms with Gasteiger partial charge in [-0.3, -0.25) is 24.2 Å². The summed E-state index contributed by atoms with van der Waals surface area (Å²) in [7, 11) is 1.58. The van der Waals surface area contributed by atoms with Crippen LogP contribution < -0.4 is 20.3 Å². The van der Waals surface area contributed by atoms with Gasteiger partial charge >= 0.3 is 5.97 Å². The van der Waals surface area contributed by atoms with Crippen LogP contribution >= 0.6 is 0 Å². The van der Waals surface area contributed by atoms with Crippen LogP contribution in [0.2, 0.25) is 0 Å². The predicted molar refractivity (Wildman–Crippen MR) is 160 cm³/mol. The molecule has 0 spiro atoms. The minimum atomic E-state index is -1.06. The molecule has 0 radical (unpaired) electrons. The van der Waals surface area contributed by atoms with Crippen molar-refractivity contribution in [1.29, 1.82) is 0 Å². The SMILES string of the molecule is COc1ccc(CC(=O)Nc2cc(C(=O)NC(CC(=O)O)c3cccnc3)ccc2N2CCN(C(=O)C3CC3)CC2)cc1. The number of pyridine rings is 1. The van der Waals surface area contributed by atoms with Crippen LogP contribution in [0.1, 0.15) is 46.8 Å². The molecule has 1 unspecified atom stereocenters. The van der Waals surface area contributed by atoms with Gasteiger partial charge in [-0.05, 0) is 60.4 Å². The van der Waals surface area contributed by atoms with E-state index in [2.05, 4.69) is 20.5 Å². The molecule has 1 atom stereocenters. The second-order valence-electron chi connectivity index (χ2n) is 10.8. The summed E-state index contributed by atoms with van der Waals surface area (Å²) in [4.78, 5) is 58.7. The summed E-state index contributed by atoms with van der Waals surface area (Å²) >= 11 is 0. The van der Waals surface area contributed by atoms with Gasteiger partial charge in [-0.25, -0.2) is 0 Å². The number of methoxy groups -OCH3 is 1. The highest BCUT2D eigenvalue weighted by Gasteiger charge is 2.35. The molecule has 43 heavy (non-hydrogen) atoms. The molecule has 11 nitrogen and oxygen atoms in total. The van der Waals surface area contributed by atoms with E-state index in [1.54, 1.807) is 55.8 Å². The van der Waals surface area contributed by atoms with E-state index >= 15 is 0 Å². The summed E-state index contributed by atoms with van der Waals surface area (Å²) in [6, 6.07) is 14.9. The van der Waals surface area contributed by atoms with Gasteiger partial charge in [0.15, 0.2) is 0 Å². The summed E-state index contributed by atoms with van der Waals surface area (Å²) in [5.74, 6) is -0.733. The third kappa shape index (κ3) is 7.68. The van der Waals surface area contributed by atoms with E-state index < -0.39 is 17.9 Å². The second-order valence-corrected chi connectivity index (χ2v) is 10.8. The maximum Gasteiger partial charge on any atom is 0.305 e. The van der Waals surface area contributed by atoms with Crippen LogP contribution in [0.15, 0.2) is 67.0 Å². The number of carbonyl (C=O) groups is 4. The number of carboxylic acids is 1. The number of ether oxygens (including phenoxy) is 1. The van der Waals surface area contributed by atoms with E-state index in [1.807, 2.05) is 17.0 Å². The number of aliphatic carboxylic acids is 1. The first-order valence-corrected chi connectivity index (χ1v) is 14.3. The quantitative estimate of drug-likeness (QED) is 0.311. The van der Waals surface area contributed by atoms with Crippen molar-refractivity contribution in [2.45, 2.75) is 31.7 Å². The fraction of sp³-hybridized carbons (Fsp3) is 0.344. The van der Waals surface area contributed by atoms with E-state index in [-0.39, 0.29) is 36.1 Å². The Morgan fingerprint density at radius 1 is 1.02 bits per heavy atom.